The smallest absolute Gasteiger partial charge is 0.0921 e. The van der Waals surface area contributed by atoms with E-state index in [1.165, 1.54) is 19.4 Å². The molecule has 0 aromatic carbocycles. The molecule has 0 aromatic rings. The molecule has 14 heavy (non-hydrogen) atoms. The van der Waals surface area contributed by atoms with Crippen molar-refractivity contribution in [2.45, 2.75) is 58.0 Å². The molecule has 1 aliphatic rings. The lowest BCUT2D eigenvalue weighted by atomic mass is 9.98. The molecular weight excluding hydrogens is 174 g/mol. The normalized spacial score (nSPS) is 23.6. The van der Waals surface area contributed by atoms with Crippen LogP contribution < -0.4 is 5.73 Å². The minimum atomic E-state index is 0.302. The van der Waals surface area contributed by atoms with Crippen LogP contribution in [0.1, 0.15) is 46.5 Å². The van der Waals surface area contributed by atoms with Gasteiger partial charge in [0.15, 0.2) is 0 Å². The number of rotatable bonds is 4. The van der Waals surface area contributed by atoms with Crippen LogP contribution in [0, 0.1) is 5.41 Å². The SMILES string of the molecule is CCC(CC(=N)N)N1CCCC1(C)C. The van der Waals surface area contributed by atoms with Gasteiger partial charge in [0.1, 0.15) is 0 Å². The van der Waals surface area contributed by atoms with E-state index in [4.69, 9.17) is 11.1 Å². The third-order valence-electron chi connectivity index (χ3n) is 3.33. The van der Waals surface area contributed by atoms with Gasteiger partial charge in [-0.1, -0.05) is 6.92 Å². The summed E-state index contributed by atoms with van der Waals surface area (Å²) in [5, 5.41) is 7.37. The average molecular weight is 197 g/mol. The van der Waals surface area contributed by atoms with Crippen molar-refractivity contribution in [2.75, 3.05) is 6.54 Å². The third kappa shape index (κ3) is 2.47. The van der Waals surface area contributed by atoms with Crippen molar-refractivity contribution in [3.05, 3.63) is 0 Å². The lowest BCUT2D eigenvalue weighted by molar-refractivity contribution is 0.115. The van der Waals surface area contributed by atoms with Gasteiger partial charge >= 0.3 is 0 Å². The number of likely N-dealkylation sites (tertiary alicyclic amines) is 1. The van der Waals surface area contributed by atoms with E-state index in [0.717, 1.165) is 12.8 Å². The number of nitrogens with two attached hydrogens (primary N) is 1. The van der Waals surface area contributed by atoms with Gasteiger partial charge in [-0.15, -0.1) is 0 Å². The molecule has 1 atom stereocenters. The molecule has 0 aliphatic carbocycles. The standard InChI is InChI=1S/C11H23N3/c1-4-9(8-10(12)13)14-7-5-6-11(14,2)3/h9H,4-8H2,1-3H3,(H3,12,13). The Morgan fingerprint density at radius 2 is 2.21 bits per heavy atom. The van der Waals surface area contributed by atoms with E-state index < -0.39 is 0 Å². The number of nitrogens with one attached hydrogen (secondary N) is 1. The maximum Gasteiger partial charge on any atom is 0.0921 e. The predicted octanol–water partition coefficient (Wildman–Crippen LogP) is 1.97. The molecule has 0 bridgehead atoms. The Morgan fingerprint density at radius 1 is 1.57 bits per heavy atom. The first-order valence-electron chi connectivity index (χ1n) is 5.57. The molecule has 3 N–H and O–H groups in total. The van der Waals surface area contributed by atoms with Gasteiger partial charge < -0.3 is 5.73 Å². The molecule has 0 amide bonds. The molecule has 1 unspecified atom stereocenters. The number of nitrogens with zero attached hydrogens (tertiary/aromatic N) is 1. The second-order valence-electron chi connectivity index (χ2n) is 4.90. The molecule has 3 nitrogen and oxygen atoms in total. The highest BCUT2D eigenvalue weighted by Crippen LogP contribution is 2.31. The fraction of sp³-hybridized carbons (Fsp3) is 0.909. The Labute approximate surface area is 87.2 Å². The van der Waals surface area contributed by atoms with Crippen LogP contribution in [0.25, 0.3) is 0 Å². The second-order valence-corrected chi connectivity index (χ2v) is 4.90. The van der Waals surface area contributed by atoms with Gasteiger partial charge in [-0.05, 0) is 39.7 Å². The monoisotopic (exact) mass is 197 g/mol. The largest absolute Gasteiger partial charge is 0.388 e. The predicted molar refractivity (Wildman–Crippen MR) is 60.6 cm³/mol. The molecule has 1 aliphatic heterocycles. The van der Waals surface area contributed by atoms with Crippen LogP contribution in [0.15, 0.2) is 0 Å². The molecule has 82 valence electrons. The zero-order valence-corrected chi connectivity index (χ0v) is 9.64. The van der Waals surface area contributed by atoms with E-state index in [0.29, 0.717) is 17.4 Å². The van der Waals surface area contributed by atoms with Gasteiger partial charge in [-0.2, -0.15) is 0 Å². The summed E-state index contributed by atoms with van der Waals surface area (Å²) in [5.74, 6) is 0.319. The quantitative estimate of drug-likeness (QED) is 0.535. The molecule has 1 heterocycles. The van der Waals surface area contributed by atoms with Gasteiger partial charge in [0, 0.05) is 18.0 Å². The molecule has 1 saturated heterocycles. The first-order chi connectivity index (χ1) is 6.47. The summed E-state index contributed by atoms with van der Waals surface area (Å²) >= 11 is 0. The topological polar surface area (TPSA) is 53.1 Å². The van der Waals surface area contributed by atoms with Crippen molar-refractivity contribution in [3.63, 3.8) is 0 Å². The van der Waals surface area contributed by atoms with E-state index in [9.17, 15) is 0 Å². The van der Waals surface area contributed by atoms with Crippen LogP contribution >= 0.6 is 0 Å². The Morgan fingerprint density at radius 3 is 2.57 bits per heavy atom. The van der Waals surface area contributed by atoms with Crippen molar-refractivity contribution < 1.29 is 0 Å². The van der Waals surface area contributed by atoms with E-state index in [2.05, 4.69) is 25.7 Å². The van der Waals surface area contributed by atoms with Crippen LogP contribution in [-0.2, 0) is 0 Å². The van der Waals surface area contributed by atoms with Crippen LogP contribution in [0.4, 0.5) is 0 Å². The van der Waals surface area contributed by atoms with Gasteiger partial charge in [0.25, 0.3) is 0 Å². The molecule has 0 radical (unpaired) electrons. The molecule has 1 rings (SSSR count). The lowest BCUT2D eigenvalue weighted by Gasteiger charge is -2.38. The second kappa shape index (κ2) is 4.30. The number of hydrogen-bond donors (Lipinski definition) is 2. The van der Waals surface area contributed by atoms with Gasteiger partial charge in [-0.3, -0.25) is 10.3 Å². The number of hydrogen-bond acceptors (Lipinski definition) is 2. The summed E-state index contributed by atoms with van der Waals surface area (Å²) in [6.45, 7) is 7.94. The Bertz CT molecular complexity index is 211. The van der Waals surface area contributed by atoms with E-state index in [-0.39, 0.29) is 0 Å². The van der Waals surface area contributed by atoms with Gasteiger partial charge in [0.2, 0.25) is 0 Å². The molecule has 1 fully saturated rings. The molecule has 3 heteroatoms. The maximum absolute atomic E-state index is 7.37. The van der Waals surface area contributed by atoms with Crippen molar-refractivity contribution in [3.8, 4) is 0 Å². The zero-order chi connectivity index (χ0) is 10.8. The molecule has 0 aromatic heterocycles. The summed E-state index contributed by atoms with van der Waals surface area (Å²) in [7, 11) is 0. The average Bonchev–Trinajstić information content (AvgIpc) is 2.41. The van der Waals surface area contributed by atoms with E-state index in [1.807, 2.05) is 0 Å². The minimum Gasteiger partial charge on any atom is -0.388 e. The van der Waals surface area contributed by atoms with Crippen LogP contribution in [0.5, 0.6) is 0 Å². The highest BCUT2D eigenvalue weighted by molar-refractivity contribution is 5.77. The summed E-state index contributed by atoms with van der Waals surface area (Å²) in [6.07, 6.45) is 4.35. The summed E-state index contributed by atoms with van der Waals surface area (Å²) in [6, 6.07) is 0.463. The van der Waals surface area contributed by atoms with Crippen molar-refractivity contribution in [1.29, 1.82) is 5.41 Å². The Hall–Kier alpha value is -0.570. The minimum absolute atomic E-state index is 0.302. The lowest BCUT2D eigenvalue weighted by Crippen LogP contribution is -2.46. The fourth-order valence-corrected chi connectivity index (χ4v) is 2.53. The van der Waals surface area contributed by atoms with Crippen molar-refractivity contribution in [2.24, 2.45) is 5.73 Å². The Kier molecular flexibility index (Phi) is 3.53. The summed E-state index contributed by atoms with van der Waals surface area (Å²) in [5.41, 5.74) is 5.78. The fourth-order valence-electron chi connectivity index (χ4n) is 2.53. The van der Waals surface area contributed by atoms with Crippen molar-refractivity contribution >= 4 is 5.84 Å². The molecule has 0 spiro atoms. The van der Waals surface area contributed by atoms with Gasteiger partial charge in [0.05, 0.1) is 5.84 Å². The number of amidine groups is 1. The maximum atomic E-state index is 7.37. The third-order valence-corrected chi connectivity index (χ3v) is 3.33. The van der Waals surface area contributed by atoms with Crippen LogP contribution in [0.2, 0.25) is 0 Å². The Balaban J connectivity index is 2.64. The van der Waals surface area contributed by atoms with Crippen LogP contribution in [0.3, 0.4) is 0 Å². The first kappa shape index (κ1) is 11.5. The highest BCUT2D eigenvalue weighted by atomic mass is 15.2. The zero-order valence-electron chi connectivity index (χ0n) is 9.64. The first-order valence-corrected chi connectivity index (χ1v) is 5.57. The van der Waals surface area contributed by atoms with Gasteiger partial charge in [-0.25, -0.2) is 0 Å². The summed E-state index contributed by atoms with van der Waals surface area (Å²) in [4.78, 5) is 2.52. The highest BCUT2D eigenvalue weighted by Gasteiger charge is 2.35. The molecule has 0 saturated carbocycles. The van der Waals surface area contributed by atoms with E-state index in [1.54, 1.807) is 0 Å². The summed E-state index contributed by atoms with van der Waals surface area (Å²) < 4.78 is 0. The van der Waals surface area contributed by atoms with Crippen LogP contribution in [-0.4, -0.2) is 28.9 Å². The molecular formula is C11H23N3. The van der Waals surface area contributed by atoms with E-state index >= 15 is 0 Å². The van der Waals surface area contributed by atoms with Crippen molar-refractivity contribution in [1.82, 2.24) is 4.90 Å².